The van der Waals surface area contributed by atoms with Gasteiger partial charge in [-0.05, 0) is 39.7 Å². The number of hydrogen-bond acceptors (Lipinski definition) is 7. The third kappa shape index (κ3) is 3.75. The van der Waals surface area contributed by atoms with Crippen LogP contribution >= 0.6 is 23.1 Å². The lowest BCUT2D eigenvalue weighted by molar-refractivity contribution is -0.130. The molecule has 0 unspecified atom stereocenters. The predicted molar refractivity (Wildman–Crippen MR) is 107 cm³/mol. The average Bonchev–Trinajstić information content (AvgIpc) is 3.05. The van der Waals surface area contributed by atoms with Crippen LogP contribution in [0.5, 0.6) is 0 Å². The number of sulfone groups is 1. The molecule has 0 spiro atoms. The lowest BCUT2D eigenvalue weighted by Crippen LogP contribution is -2.41. The quantitative estimate of drug-likeness (QED) is 0.566. The van der Waals surface area contributed by atoms with Crippen LogP contribution < -0.4 is 0 Å². The third-order valence-corrected chi connectivity index (χ3v) is 8.77. The molecule has 1 aliphatic heterocycles. The molecule has 3 heterocycles. The average molecular weight is 414 g/mol. The monoisotopic (exact) mass is 413 g/mol. The Bertz CT molecular complexity index is 969. The van der Waals surface area contributed by atoms with E-state index in [2.05, 4.69) is 23.8 Å². The predicted octanol–water partition coefficient (Wildman–Crippen LogP) is 2.74. The number of carbonyl (C=O) groups is 1. The summed E-state index contributed by atoms with van der Waals surface area (Å²) in [4.78, 5) is 25.7. The van der Waals surface area contributed by atoms with Crippen LogP contribution in [0, 0.1) is 20.8 Å². The minimum atomic E-state index is -3.02. The van der Waals surface area contributed by atoms with Gasteiger partial charge in [-0.15, -0.1) is 11.3 Å². The maximum Gasteiger partial charge on any atom is 0.235 e. The molecular formula is C17H23N3O3S3. The first-order valence-corrected chi connectivity index (χ1v) is 12.0. The second-order valence-corrected chi connectivity index (χ2v) is 11.6. The summed E-state index contributed by atoms with van der Waals surface area (Å²) in [5.41, 5.74) is 1.15. The van der Waals surface area contributed by atoms with Crippen LogP contribution in [0.25, 0.3) is 10.2 Å². The van der Waals surface area contributed by atoms with E-state index >= 15 is 0 Å². The number of nitrogens with zero attached hydrogens (tertiary/aromatic N) is 3. The molecule has 3 rings (SSSR count). The highest BCUT2D eigenvalue weighted by atomic mass is 32.2. The van der Waals surface area contributed by atoms with Crippen molar-refractivity contribution in [2.75, 3.05) is 18.6 Å². The molecule has 2 aromatic rings. The van der Waals surface area contributed by atoms with Gasteiger partial charge in [-0.25, -0.2) is 18.4 Å². The van der Waals surface area contributed by atoms with Gasteiger partial charge in [0.25, 0.3) is 0 Å². The van der Waals surface area contributed by atoms with Crippen molar-refractivity contribution in [2.45, 2.75) is 50.4 Å². The fourth-order valence-corrected chi connectivity index (χ4v) is 7.23. The van der Waals surface area contributed by atoms with Crippen molar-refractivity contribution in [2.24, 2.45) is 0 Å². The van der Waals surface area contributed by atoms with Crippen LogP contribution in [-0.4, -0.2) is 59.0 Å². The maximum absolute atomic E-state index is 12.8. The molecule has 9 heteroatoms. The highest BCUT2D eigenvalue weighted by Crippen LogP contribution is 2.37. The van der Waals surface area contributed by atoms with E-state index < -0.39 is 9.84 Å². The molecule has 0 N–H and O–H groups in total. The van der Waals surface area contributed by atoms with Crippen molar-refractivity contribution >= 4 is 49.1 Å². The molecule has 1 saturated heterocycles. The van der Waals surface area contributed by atoms with E-state index in [1.54, 1.807) is 23.3 Å². The van der Waals surface area contributed by atoms with E-state index in [9.17, 15) is 13.2 Å². The van der Waals surface area contributed by atoms with Gasteiger partial charge >= 0.3 is 0 Å². The van der Waals surface area contributed by atoms with E-state index in [1.165, 1.54) is 16.6 Å². The van der Waals surface area contributed by atoms with Crippen LogP contribution in [-0.2, 0) is 14.6 Å². The van der Waals surface area contributed by atoms with Gasteiger partial charge in [0, 0.05) is 23.4 Å². The molecule has 1 fully saturated rings. The summed E-state index contributed by atoms with van der Waals surface area (Å²) < 4.78 is 23.4. The van der Waals surface area contributed by atoms with Crippen LogP contribution in [0.15, 0.2) is 5.03 Å². The van der Waals surface area contributed by atoms with E-state index in [4.69, 9.17) is 0 Å². The second-order valence-electron chi connectivity index (χ2n) is 6.81. The van der Waals surface area contributed by atoms with Gasteiger partial charge in [0.2, 0.25) is 5.91 Å². The first-order valence-electron chi connectivity index (χ1n) is 8.47. The summed E-state index contributed by atoms with van der Waals surface area (Å²) in [6.07, 6.45) is 0.516. The van der Waals surface area contributed by atoms with Crippen molar-refractivity contribution in [3.8, 4) is 0 Å². The first-order chi connectivity index (χ1) is 12.1. The van der Waals surface area contributed by atoms with Crippen molar-refractivity contribution in [1.82, 2.24) is 14.9 Å². The van der Waals surface area contributed by atoms with Crippen LogP contribution in [0.2, 0.25) is 0 Å². The van der Waals surface area contributed by atoms with E-state index in [0.717, 1.165) is 20.8 Å². The van der Waals surface area contributed by atoms with Crippen LogP contribution in [0.1, 0.15) is 29.6 Å². The number of amides is 1. The Morgan fingerprint density at radius 1 is 1.31 bits per heavy atom. The molecular weight excluding hydrogens is 390 g/mol. The zero-order chi connectivity index (χ0) is 19.2. The summed E-state index contributed by atoms with van der Waals surface area (Å²) in [5, 5.41) is 1.50. The summed E-state index contributed by atoms with van der Waals surface area (Å²) in [6.45, 7) is 7.83. The molecule has 0 aliphatic carbocycles. The van der Waals surface area contributed by atoms with Gasteiger partial charge in [0.15, 0.2) is 9.84 Å². The van der Waals surface area contributed by atoms with Crippen molar-refractivity contribution < 1.29 is 13.2 Å². The number of hydrogen-bond donors (Lipinski definition) is 0. The summed E-state index contributed by atoms with van der Waals surface area (Å²) in [6, 6.07) is -0.229. The molecule has 0 saturated carbocycles. The fraction of sp³-hybridized carbons (Fsp3) is 0.588. The van der Waals surface area contributed by atoms with E-state index in [-0.39, 0.29) is 28.7 Å². The summed E-state index contributed by atoms with van der Waals surface area (Å²) >= 11 is 3.07. The smallest absolute Gasteiger partial charge is 0.235 e. The summed E-state index contributed by atoms with van der Waals surface area (Å²) in [7, 11) is -1.32. The topological polar surface area (TPSA) is 80.2 Å². The van der Waals surface area contributed by atoms with Crippen molar-refractivity contribution in [1.29, 1.82) is 0 Å². The standard InChI is InChI=1S/C17H23N3O3S3/c1-9-10(2)24-15-14(9)16(19-12(4)18-15)25-11(3)17(21)20(5)13-6-7-26(22,23)8-13/h11,13H,6-8H2,1-5H3/t11-,13+/m0/s1. The Kier molecular flexibility index (Phi) is 5.33. The number of aryl methyl sites for hydroxylation is 3. The number of thiophene rings is 1. The largest absolute Gasteiger partial charge is 0.341 e. The molecule has 142 valence electrons. The number of aromatic nitrogens is 2. The fourth-order valence-electron chi connectivity index (χ4n) is 3.17. The first kappa shape index (κ1) is 19.6. The van der Waals surface area contributed by atoms with Crippen molar-refractivity contribution in [3.63, 3.8) is 0 Å². The molecule has 2 atom stereocenters. The zero-order valence-electron chi connectivity index (χ0n) is 15.6. The Morgan fingerprint density at radius 2 is 2.00 bits per heavy atom. The van der Waals surface area contributed by atoms with Gasteiger partial charge in [-0.1, -0.05) is 11.8 Å². The molecule has 6 nitrogen and oxygen atoms in total. The number of fused-ring (bicyclic) bond motifs is 1. The van der Waals surface area contributed by atoms with Crippen LogP contribution in [0.4, 0.5) is 0 Å². The number of thioether (sulfide) groups is 1. The van der Waals surface area contributed by atoms with Gasteiger partial charge < -0.3 is 4.90 Å². The molecule has 0 aromatic carbocycles. The number of rotatable bonds is 4. The molecule has 2 aromatic heterocycles. The number of carbonyl (C=O) groups excluding carboxylic acids is 1. The van der Waals surface area contributed by atoms with Crippen LogP contribution in [0.3, 0.4) is 0 Å². The Morgan fingerprint density at radius 3 is 2.62 bits per heavy atom. The SMILES string of the molecule is Cc1nc(S[C@@H](C)C(=O)N(C)[C@@H]2CCS(=O)(=O)C2)c2c(C)c(C)sc2n1. The molecule has 0 bridgehead atoms. The highest BCUT2D eigenvalue weighted by Gasteiger charge is 2.34. The van der Waals surface area contributed by atoms with Gasteiger partial charge in [-0.2, -0.15) is 0 Å². The highest BCUT2D eigenvalue weighted by molar-refractivity contribution is 8.00. The van der Waals surface area contributed by atoms with Gasteiger partial charge in [-0.3, -0.25) is 4.79 Å². The maximum atomic E-state index is 12.8. The van der Waals surface area contributed by atoms with E-state index in [0.29, 0.717) is 12.2 Å². The lowest BCUT2D eigenvalue weighted by atomic mass is 10.2. The van der Waals surface area contributed by atoms with Crippen molar-refractivity contribution in [3.05, 3.63) is 16.3 Å². The lowest BCUT2D eigenvalue weighted by Gasteiger charge is -2.26. The Balaban J connectivity index is 1.82. The van der Waals surface area contributed by atoms with Gasteiger partial charge in [0.05, 0.1) is 16.8 Å². The Labute approximate surface area is 162 Å². The molecule has 26 heavy (non-hydrogen) atoms. The minimum absolute atomic E-state index is 0.0618. The minimum Gasteiger partial charge on any atom is -0.341 e. The Hall–Kier alpha value is -1.19. The van der Waals surface area contributed by atoms with E-state index in [1.807, 2.05) is 13.8 Å². The second kappa shape index (κ2) is 7.09. The molecule has 1 amide bonds. The summed E-state index contributed by atoms with van der Waals surface area (Å²) in [5.74, 6) is 0.852. The van der Waals surface area contributed by atoms with Gasteiger partial charge in [0.1, 0.15) is 15.7 Å². The third-order valence-electron chi connectivity index (χ3n) is 4.85. The zero-order valence-corrected chi connectivity index (χ0v) is 18.0. The molecule has 0 radical (unpaired) electrons. The molecule has 1 aliphatic rings. The normalized spacial score (nSPS) is 20.4.